The average molecular weight is 391 g/mol. The van der Waals surface area contributed by atoms with E-state index in [0.717, 1.165) is 7.11 Å². The fourth-order valence-electron chi connectivity index (χ4n) is 3.56. The normalized spacial score (nSPS) is 39.6. The van der Waals surface area contributed by atoms with Crippen LogP contribution in [0.15, 0.2) is 0 Å². The first kappa shape index (κ1) is 22.0. The summed E-state index contributed by atoms with van der Waals surface area (Å²) in [5.74, 6) is -4.17. The van der Waals surface area contributed by atoms with Gasteiger partial charge in [-0.2, -0.15) is 0 Å². The predicted octanol–water partition coefficient (Wildman–Crippen LogP) is -0.941. The summed E-state index contributed by atoms with van der Waals surface area (Å²) in [5, 5.41) is 24.5. The Kier molecular flexibility index (Phi) is 6.20. The number of aliphatic hydroxyl groups is 2. The lowest BCUT2D eigenvalue weighted by atomic mass is 9.79. The van der Waals surface area contributed by atoms with Crippen molar-refractivity contribution in [3.63, 3.8) is 0 Å². The van der Waals surface area contributed by atoms with Crippen molar-refractivity contribution in [2.75, 3.05) is 20.8 Å². The van der Waals surface area contributed by atoms with Crippen molar-refractivity contribution in [2.24, 2.45) is 0 Å². The number of hydrogen-bond acceptors (Lipinski definition) is 9. The van der Waals surface area contributed by atoms with E-state index >= 15 is 0 Å². The lowest BCUT2D eigenvalue weighted by Crippen LogP contribution is -2.71. The molecule has 156 valence electrons. The molecule has 27 heavy (non-hydrogen) atoms. The minimum absolute atomic E-state index is 0.0706. The van der Waals surface area contributed by atoms with E-state index in [1.54, 1.807) is 13.8 Å². The Hall–Kier alpha value is -1.30. The molecule has 2 saturated heterocycles. The maximum Gasteiger partial charge on any atom is 0.366 e. The molecule has 10 nitrogen and oxygen atoms in total. The van der Waals surface area contributed by atoms with E-state index in [1.165, 1.54) is 21.0 Å². The number of hydrogen-bond donors (Lipinski definition) is 3. The number of esters is 1. The van der Waals surface area contributed by atoms with E-state index in [1.807, 2.05) is 0 Å². The van der Waals surface area contributed by atoms with Gasteiger partial charge in [-0.3, -0.25) is 4.79 Å². The summed E-state index contributed by atoms with van der Waals surface area (Å²) in [6.45, 7) is 6.15. The van der Waals surface area contributed by atoms with Gasteiger partial charge in [0.15, 0.2) is 5.79 Å². The van der Waals surface area contributed by atoms with E-state index in [4.69, 9.17) is 23.7 Å². The fraction of sp³-hybridized carbons (Fsp3) is 0.882. The van der Waals surface area contributed by atoms with Gasteiger partial charge in [0, 0.05) is 20.5 Å². The Morgan fingerprint density at radius 2 is 1.85 bits per heavy atom. The number of rotatable bonds is 5. The molecule has 0 aromatic carbocycles. The van der Waals surface area contributed by atoms with Crippen LogP contribution in [0.4, 0.5) is 0 Å². The Morgan fingerprint density at radius 3 is 2.30 bits per heavy atom. The first-order valence-corrected chi connectivity index (χ1v) is 8.68. The van der Waals surface area contributed by atoms with Gasteiger partial charge < -0.3 is 39.2 Å². The third-order valence-corrected chi connectivity index (χ3v) is 4.85. The zero-order chi connectivity index (χ0) is 20.6. The predicted molar refractivity (Wildman–Crippen MR) is 90.4 cm³/mol. The first-order valence-electron chi connectivity index (χ1n) is 8.68. The molecule has 0 aromatic heterocycles. The molecule has 0 unspecified atom stereocenters. The highest BCUT2D eigenvalue weighted by atomic mass is 16.8. The SMILES string of the molecule is COC(=O)[C@]1(OC)C[C@@](C)(O)[C@@H](NC(C)=O)[C@H]([C@H](O)[C@H]2COC(C)(C)O2)O1. The van der Waals surface area contributed by atoms with Gasteiger partial charge in [0.1, 0.15) is 18.3 Å². The number of aliphatic hydroxyl groups excluding tert-OH is 1. The molecule has 6 atom stereocenters. The molecule has 2 aliphatic rings. The number of carbonyl (C=O) groups excluding carboxylic acids is 2. The first-order chi connectivity index (χ1) is 12.4. The van der Waals surface area contributed by atoms with Crippen molar-refractivity contribution in [3.05, 3.63) is 0 Å². The highest BCUT2D eigenvalue weighted by molar-refractivity contribution is 5.78. The van der Waals surface area contributed by atoms with Gasteiger partial charge in [-0.1, -0.05) is 0 Å². The van der Waals surface area contributed by atoms with Crippen LogP contribution in [0, 0.1) is 0 Å². The fourth-order valence-corrected chi connectivity index (χ4v) is 3.56. The van der Waals surface area contributed by atoms with Crippen molar-refractivity contribution in [3.8, 4) is 0 Å². The van der Waals surface area contributed by atoms with Crippen molar-refractivity contribution >= 4 is 11.9 Å². The number of methoxy groups -OCH3 is 2. The minimum atomic E-state index is -1.95. The van der Waals surface area contributed by atoms with Crippen molar-refractivity contribution in [1.82, 2.24) is 5.32 Å². The Bertz CT molecular complexity index is 579. The molecule has 2 aliphatic heterocycles. The van der Waals surface area contributed by atoms with Gasteiger partial charge >= 0.3 is 5.97 Å². The topological polar surface area (TPSA) is 133 Å². The Morgan fingerprint density at radius 1 is 1.22 bits per heavy atom. The molecular weight excluding hydrogens is 362 g/mol. The smallest absolute Gasteiger partial charge is 0.366 e. The van der Waals surface area contributed by atoms with E-state index in [9.17, 15) is 19.8 Å². The Balaban J connectivity index is 2.40. The highest BCUT2D eigenvalue weighted by Crippen LogP contribution is 2.40. The summed E-state index contributed by atoms with van der Waals surface area (Å²) in [6.07, 6.45) is -3.69. The van der Waals surface area contributed by atoms with Crippen molar-refractivity contribution in [1.29, 1.82) is 0 Å². The van der Waals surface area contributed by atoms with Crippen LogP contribution in [0.1, 0.15) is 34.1 Å². The highest BCUT2D eigenvalue weighted by Gasteiger charge is 2.60. The van der Waals surface area contributed by atoms with Crippen LogP contribution >= 0.6 is 0 Å². The second kappa shape index (κ2) is 7.61. The van der Waals surface area contributed by atoms with E-state index in [2.05, 4.69) is 5.32 Å². The average Bonchev–Trinajstić information content (AvgIpc) is 2.94. The molecule has 2 heterocycles. The zero-order valence-corrected chi connectivity index (χ0v) is 16.5. The molecule has 0 aliphatic carbocycles. The second-order valence-corrected chi connectivity index (χ2v) is 7.60. The summed E-state index contributed by atoms with van der Waals surface area (Å²) < 4.78 is 27.0. The summed E-state index contributed by atoms with van der Waals surface area (Å²) >= 11 is 0. The quantitative estimate of drug-likeness (QED) is 0.508. The molecule has 1 amide bonds. The zero-order valence-electron chi connectivity index (χ0n) is 16.5. The third kappa shape index (κ3) is 4.41. The van der Waals surface area contributed by atoms with Gasteiger partial charge in [0.05, 0.1) is 25.4 Å². The third-order valence-electron chi connectivity index (χ3n) is 4.85. The maximum absolute atomic E-state index is 12.3. The van der Waals surface area contributed by atoms with Gasteiger partial charge in [0.2, 0.25) is 5.91 Å². The monoisotopic (exact) mass is 391 g/mol. The molecular formula is C17H29NO9. The Labute approximate surface area is 158 Å². The summed E-state index contributed by atoms with van der Waals surface area (Å²) in [6, 6.07) is -1.04. The standard InChI is InChI=1S/C17H29NO9/c1-9(19)18-13-12(11(20)10-7-25-15(2,3)26-10)27-17(24-6,14(21)23-5)8-16(13,4)22/h10-13,20,22H,7-8H2,1-6H3,(H,18,19)/t10-,11-,12+,13+,16-,17+/m1/s1. The van der Waals surface area contributed by atoms with E-state index < -0.39 is 53.4 Å². The maximum atomic E-state index is 12.3. The van der Waals surface area contributed by atoms with Crippen LogP contribution < -0.4 is 5.32 Å². The minimum Gasteiger partial charge on any atom is -0.465 e. The second-order valence-electron chi connectivity index (χ2n) is 7.60. The largest absolute Gasteiger partial charge is 0.465 e. The number of nitrogens with one attached hydrogen (secondary N) is 1. The summed E-state index contributed by atoms with van der Waals surface area (Å²) in [7, 11) is 2.39. The van der Waals surface area contributed by atoms with Crippen molar-refractivity contribution < 1.29 is 43.5 Å². The molecule has 0 bridgehead atoms. The van der Waals surface area contributed by atoms with Crippen LogP contribution in [0.2, 0.25) is 0 Å². The molecule has 10 heteroatoms. The molecule has 0 aromatic rings. The van der Waals surface area contributed by atoms with Gasteiger partial charge in [-0.25, -0.2) is 4.79 Å². The number of ether oxygens (including phenoxy) is 5. The van der Waals surface area contributed by atoms with E-state index in [-0.39, 0.29) is 13.0 Å². The van der Waals surface area contributed by atoms with E-state index in [0.29, 0.717) is 0 Å². The van der Waals surface area contributed by atoms with Crippen LogP contribution in [0.3, 0.4) is 0 Å². The van der Waals surface area contributed by atoms with Crippen LogP contribution in [-0.4, -0.2) is 84.4 Å². The van der Waals surface area contributed by atoms with Crippen molar-refractivity contribution in [2.45, 2.75) is 75.6 Å². The molecule has 2 fully saturated rings. The molecule has 0 spiro atoms. The molecule has 0 radical (unpaired) electrons. The molecule has 3 N–H and O–H groups in total. The van der Waals surface area contributed by atoms with Crippen LogP contribution in [0.25, 0.3) is 0 Å². The van der Waals surface area contributed by atoms with Crippen LogP contribution in [-0.2, 0) is 33.3 Å². The lowest BCUT2D eigenvalue weighted by Gasteiger charge is -2.51. The van der Waals surface area contributed by atoms with Gasteiger partial charge in [0.25, 0.3) is 5.79 Å². The van der Waals surface area contributed by atoms with Gasteiger partial charge in [-0.15, -0.1) is 0 Å². The van der Waals surface area contributed by atoms with Crippen LogP contribution in [0.5, 0.6) is 0 Å². The lowest BCUT2D eigenvalue weighted by molar-refractivity contribution is -0.319. The summed E-state index contributed by atoms with van der Waals surface area (Å²) in [4.78, 5) is 24.0. The van der Waals surface area contributed by atoms with Gasteiger partial charge in [-0.05, 0) is 20.8 Å². The molecule has 0 saturated carbocycles. The molecule has 2 rings (SSSR count). The number of amides is 1. The summed E-state index contributed by atoms with van der Waals surface area (Å²) in [5.41, 5.74) is -1.66. The number of carbonyl (C=O) groups is 2.